The van der Waals surface area contributed by atoms with Crippen molar-refractivity contribution in [2.75, 3.05) is 31.6 Å². The van der Waals surface area contributed by atoms with Crippen molar-refractivity contribution in [2.24, 2.45) is 5.92 Å². The standard InChI is InChI=1S/C31H37Cl2N3O6S/c1-6-27(31(38)34-18-21(2)3)35(19-22-12-14-25(32)26(33)16-22)30(37)20-36(43(39,40)24-10-8-7-9-11-24)28-17-23(41-4)13-15-29(28)42-5/h7-17,21,27H,6,18-20H2,1-5H3,(H,34,38). The predicted octanol–water partition coefficient (Wildman–Crippen LogP) is 5.79. The van der Waals surface area contributed by atoms with E-state index in [4.69, 9.17) is 32.7 Å². The minimum Gasteiger partial charge on any atom is -0.497 e. The van der Waals surface area contributed by atoms with Crippen LogP contribution in [0.1, 0.15) is 32.8 Å². The number of nitrogens with one attached hydrogen (secondary N) is 1. The van der Waals surface area contributed by atoms with Crippen molar-refractivity contribution in [2.45, 2.75) is 44.7 Å². The van der Waals surface area contributed by atoms with Crippen LogP contribution in [0, 0.1) is 5.92 Å². The molecule has 0 heterocycles. The summed E-state index contributed by atoms with van der Waals surface area (Å²) >= 11 is 12.4. The molecule has 0 saturated carbocycles. The number of rotatable bonds is 14. The van der Waals surface area contributed by atoms with Gasteiger partial charge in [0.25, 0.3) is 10.0 Å². The highest BCUT2D eigenvalue weighted by Gasteiger charge is 2.35. The first-order chi connectivity index (χ1) is 20.4. The number of anilines is 1. The molecule has 3 aromatic rings. The second kappa shape index (κ2) is 15.3. The lowest BCUT2D eigenvalue weighted by Crippen LogP contribution is -2.52. The maximum Gasteiger partial charge on any atom is 0.264 e. The molecule has 0 saturated heterocycles. The third-order valence-electron chi connectivity index (χ3n) is 6.67. The van der Waals surface area contributed by atoms with Gasteiger partial charge in [-0.1, -0.05) is 68.2 Å². The lowest BCUT2D eigenvalue weighted by atomic mass is 10.1. The molecule has 3 rings (SSSR count). The SMILES string of the molecule is CCC(C(=O)NCC(C)C)N(Cc1ccc(Cl)c(Cl)c1)C(=O)CN(c1cc(OC)ccc1OC)S(=O)(=O)c1ccccc1. The van der Waals surface area contributed by atoms with Gasteiger partial charge in [0.1, 0.15) is 24.1 Å². The fourth-order valence-electron chi connectivity index (χ4n) is 4.40. The number of sulfonamides is 1. The molecule has 9 nitrogen and oxygen atoms in total. The van der Waals surface area contributed by atoms with Crippen LogP contribution < -0.4 is 19.1 Å². The van der Waals surface area contributed by atoms with Gasteiger partial charge in [-0.3, -0.25) is 13.9 Å². The fourth-order valence-corrected chi connectivity index (χ4v) is 6.16. The molecule has 0 aliphatic heterocycles. The highest BCUT2D eigenvalue weighted by molar-refractivity contribution is 7.92. The molecular weight excluding hydrogens is 613 g/mol. The number of carbonyl (C=O) groups excluding carboxylic acids is 2. The van der Waals surface area contributed by atoms with E-state index in [1.54, 1.807) is 55.5 Å². The van der Waals surface area contributed by atoms with E-state index in [0.29, 0.717) is 27.9 Å². The van der Waals surface area contributed by atoms with E-state index in [1.807, 2.05) is 13.8 Å². The molecule has 0 aromatic heterocycles. The normalized spacial score (nSPS) is 12.0. The highest BCUT2D eigenvalue weighted by atomic mass is 35.5. The van der Waals surface area contributed by atoms with Crippen LogP contribution in [0.25, 0.3) is 0 Å². The zero-order chi connectivity index (χ0) is 31.7. The van der Waals surface area contributed by atoms with E-state index < -0.39 is 28.5 Å². The van der Waals surface area contributed by atoms with Crippen LogP contribution >= 0.6 is 23.2 Å². The Morgan fingerprint density at radius 2 is 1.63 bits per heavy atom. The van der Waals surface area contributed by atoms with Gasteiger partial charge in [-0.05, 0) is 54.3 Å². The van der Waals surface area contributed by atoms with Crippen molar-refractivity contribution in [1.82, 2.24) is 10.2 Å². The van der Waals surface area contributed by atoms with Crippen molar-refractivity contribution >= 4 is 50.7 Å². The molecular formula is C31H37Cl2N3O6S. The minimum atomic E-state index is -4.29. The summed E-state index contributed by atoms with van der Waals surface area (Å²) in [5.41, 5.74) is 0.722. The second-order valence-corrected chi connectivity index (χ2v) is 12.9. The van der Waals surface area contributed by atoms with Crippen LogP contribution in [-0.4, -0.2) is 58.5 Å². The van der Waals surface area contributed by atoms with Crippen molar-refractivity contribution < 1.29 is 27.5 Å². The van der Waals surface area contributed by atoms with Gasteiger partial charge < -0.3 is 19.7 Å². The number of ether oxygens (including phenoxy) is 2. The van der Waals surface area contributed by atoms with Gasteiger partial charge in [0.2, 0.25) is 11.8 Å². The third kappa shape index (κ3) is 8.55. The first kappa shape index (κ1) is 34.0. The van der Waals surface area contributed by atoms with Crippen molar-refractivity contribution in [1.29, 1.82) is 0 Å². The number of amides is 2. The number of nitrogens with zero attached hydrogens (tertiary/aromatic N) is 2. The Hall–Kier alpha value is -3.47. The Kier molecular flexibility index (Phi) is 12.1. The van der Waals surface area contributed by atoms with Crippen LogP contribution in [0.15, 0.2) is 71.6 Å². The molecule has 0 aliphatic rings. The number of benzene rings is 3. The van der Waals surface area contributed by atoms with Gasteiger partial charge in [-0.15, -0.1) is 0 Å². The van der Waals surface area contributed by atoms with Gasteiger partial charge in [-0.25, -0.2) is 8.42 Å². The molecule has 3 aromatic carbocycles. The molecule has 0 aliphatic carbocycles. The summed E-state index contributed by atoms with van der Waals surface area (Å²) < 4.78 is 40.0. The number of hydrogen-bond donors (Lipinski definition) is 1. The lowest BCUT2D eigenvalue weighted by molar-refractivity contribution is -0.140. The quantitative estimate of drug-likeness (QED) is 0.237. The Morgan fingerprint density at radius 1 is 0.930 bits per heavy atom. The monoisotopic (exact) mass is 649 g/mol. The summed E-state index contributed by atoms with van der Waals surface area (Å²) in [6.07, 6.45) is 0.283. The third-order valence-corrected chi connectivity index (χ3v) is 9.19. The number of methoxy groups -OCH3 is 2. The lowest BCUT2D eigenvalue weighted by Gasteiger charge is -2.33. The Labute approximate surface area is 263 Å². The zero-order valence-electron chi connectivity index (χ0n) is 24.8. The van der Waals surface area contributed by atoms with Crippen molar-refractivity contribution in [3.8, 4) is 11.5 Å². The minimum absolute atomic E-state index is 0.0161. The molecule has 1 atom stereocenters. The zero-order valence-corrected chi connectivity index (χ0v) is 27.2. The van der Waals surface area contributed by atoms with Crippen LogP contribution in [0.5, 0.6) is 11.5 Å². The van der Waals surface area contributed by atoms with E-state index >= 15 is 0 Å². The number of carbonyl (C=O) groups is 2. The Balaban J connectivity index is 2.14. The van der Waals surface area contributed by atoms with E-state index in [2.05, 4.69) is 5.32 Å². The van der Waals surface area contributed by atoms with E-state index in [9.17, 15) is 18.0 Å². The van der Waals surface area contributed by atoms with Crippen LogP contribution in [-0.2, 0) is 26.2 Å². The smallest absolute Gasteiger partial charge is 0.264 e. The highest BCUT2D eigenvalue weighted by Crippen LogP contribution is 2.36. The molecule has 1 N–H and O–H groups in total. The fraction of sp³-hybridized carbons (Fsp3) is 0.355. The average molecular weight is 651 g/mol. The molecule has 0 fully saturated rings. The maximum absolute atomic E-state index is 14.3. The summed E-state index contributed by atoms with van der Waals surface area (Å²) in [6.45, 7) is 5.49. The van der Waals surface area contributed by atoms with Crippen LogP contribution in [0.3, 0.4) is 0 Å². The predicted molar refractivity (Wildman–Crippen MR) is 169 cm³/mol. The first-order valence-corrected chi connectivity index (χ1v) is 15.9. The Morgan fingerprint density at radius 3 is 2.21 bits per heavy atom. The van der Waals surface area contributed by atoms with E-state index in [-0.39, 0.29) is 41.1 Å². The second-order valence-electron chi connectivity index (χ2n) is 10.2. The molecule has 12 heteroatoms. The summed E-state index contributed by atoms with van der Waals surface area (Å²) in [6, 6.07) is 16.5. The topological polar surface area (TPSA) is 105 Å². The molecule has 43 heavy (non-hydrogen) atoms. The van der Waals surface area contributed by atoms with E-state index in [1.165, 1.54) is 37.3 Å². The molecule has 1 unspecified atom stereocenters. The summed E-state index contributed by atoms with van der Waals surface area (Å²) in [5.74, 6) is -0.190. The maximum atomic E-state index is 14.3. The van der Waals surface area contributed by atoms with Gasteiger partial charge >= 0.3 is 0 Å². The van der Waals surface area contributed by atoms with Crippen LogP contribution in [0.2, 0.25) is 10.0 Å². The molecule has 232 valence electrons. The van der Waals surface area contributed by atoms with Gasteiger partial charge in [0.05, 0.1) is 34.8 Å². The number of halogens is 2. The average Bonchev–Trinajstić information content (AvgIpc) is 3.00. The van der Waals surface area contributed by atoms with Gasteiger partial charge in [-0.2, -0.15) is 0 Å². The molecule has 0 bridgehead atoms. The molecule has 0 radical (unpaired) electrons. The Bertz CT molecular complexity index is 1520. The van der Waals surface area contributed by atoms with Gasteiger partial charge in [0, 0.05) is 19.2 Å². The summed E-state index contributed by atoms with van der Waals surface area (Å²) in [7, 11) is -1.43. The molecule has 2 amide bonds. The van der Waals surface area contributed by atoms with Crippen molar-refractivity contribution in [3.63, 3.8) is 0 Å². The largest absolute Gasteiger partial charge is 0.497 e. The van der Waals surface area contributed by atoms with Gasteiger partial charge in [0.15, 0.2) is 0 Å². The van der Waals surface area contributed by atoms with E-state index in [0.717, 1.165) is 4.31 Å². The number of hydrogen-bond acceptors (Lipinski definition) is 6. The van der Waals surface area contributed by atoms with Crippen molar-refractivity contribution in [3.05, 3.63) is 82.3 Å². The molecule has 0 spiro atoms. The van der Waals surface area contributed by atoms with Crippen LogP contribution in [0.4, 0.5) is 5.69 Å². The summed E-state index contributed by atoms with van der Waals surface area (Å²) in [4.78, 5) is 29.0. The first-order valence-electron chi connectivity index (χ1n) is 13.7. The summed E-state index contributed by atoms with van der Waals surface area (Å²) in [5, 5.41) is 3.53.